The van der Waals surface area contributed by atoms with Crippen LogP contribution in [0, 0.1) is 12.8 Å². The monoisotopic (exact) mass is 191 g/mol. The van der Waals surface area contributed by atoms with Crippen LogP contribution >= 0.6 is 11.3 Å². The highest BCUT2D eigenvalue weighted by Gasteiger charge is 2.38. The minimum Gasteiger partial charge on any atom is -0.240 e. The van der Waals surface area contributed by atoms with Crippen molar-refractivity contribution in [2.45, 2.75) is 26.7 Å². The summed E-state index contributed by atoms with van der Waals surface area (Å²) >= 11 is 1.02. The maximum atomic E-state index is 13.2. The summed E-state index contributed by atoms with van der Waals surface area (Å²) in [6.07, 6.45) is 0. The van der Waals surface area contributed by atoms with Crippen LogP contribution in [0.5, 0.6) is 0 Å². The van der Waals surface area contributed by atoms with Gasteiger partial charge < -0.3 is 0 Å². The molecule has 0 N–H and O–H groups in total. The largest absolute Gasteiger partial charge is 0.301 e. The van der Waals surface area contributed by atoms with Crippen LogP contribution in [-0.2, 0) is 5.92 Å². The normalized spacial score (nSPS) is 12.5. The van der Waals surface area contributed by atoms with E-state index in [0.29, 0.717) is 5.69 Å². The lowest BCUT2D eigenvalue weighted by Crippen LogP contribution is -2.20. The van der Waals surface area contributed by atoms with Gasteiger partial charge in [0.2, 0.25) is 0 Å². The third-order valence-electron chi connectivity index (χ3n) is 1.63. The number of aryl methyl sites for hydroxylation is 1. The van der Waals surface area contributed by atoms with Crippen LogP contribution in [0.4, 0.5) is 8.78 Å². The standard InChI is InChI=1S/C8H11F2NS/c1-5(2)8(9,10)7-11-6(3)4-12-7/h4-5H,1-3H3. The van der Waals surface area contributed by atoms with Gasteiger partial charge in [-0.3, -0.25) is 0 Å². The maximum absolute atomic E-state index is 13.2. The second-order valence-corrected chi connectivity index (χ2v) is 3.93. The van der Waals surface area contributed by atoms with E-state index >= 15 is 0 Å². The molecule has 0 spiro atoms. The molecule has 0 saturated heterocycles. The molecule has 0 aromatic carbocycles. The molecule has 0 aliphatic carbocycles. The number of hydrogen-bond donors (Lipinski definition) is 0. The van der Waals surface area contributed by atoms with Gasteiger partial charge in [0.1, 0.15) is 0 Å². The fourth-order valence-electron chi connectivity index (χ4n) is 0.754. The molecule has 4 heteroatoms. The first-order valence-electron chi connectivity index (χ1n) is 3.75. The molecule has 0 amide bonds. The van der Waals surface area contributed by atoms with Gasteiger partial charge in [-0.2, -0.15) is 8.78 Å². The fourth-order valence-corrected chi connectivity index (χ4v) is 1.68. The third kappa shape index (κ3) is 1.63. The average molecular weight is 191 g/mol. The van der Waals surface area contributed by atoms with Gasteiger partial charge in [-0.25, -0.2) is 4.98 Å². The third-order valence-corrected chi connectivity index (χ3v) is 2.67. The van der Waals surface area contributed by atoms with Crippen LogP contribution in [0.2, 0.25) is 0 Å². The van der Waals surface area contributed by atoms with Crippen molar-refractivity contribution in [3.05, 3.63) is 16.1 Å². The molecule has 1 nitrogen and oxygen atoms in total. The second-order valence-electron chi connectivity index (χ2n) is 3.07. The lowest BCUT2D eigenvalue weighted by molar-refractivity contribution is -0.0515. The number of nitrogens with zero attached hydrogens (tertiary/aromatic N) is 1. The van der Waals surface area contributed by atoms with Crippen LogP contribution in [0.1, 0.15) is 24.5 Å². The number of halogens is 2. The predicted octanol–water partition coefficient (Wildman–Crippen LogP) is 3.20. The number of rotatable bonds is 2. The molecule has 0 radical (unpaired) electrons. The second kappa shape index (κ2) is 3.09. The van der Waals surface area contributed by atoms with E-state index in [1.54, 1.807) is 12.3 Å². The molecule has 0 atom stereocenters. The molecule has 0 unspecified atom stereocenters. The van der Waals surface area contributed by atoms with E-state index in [4.69, 9.17) is 0 Å². The maximum Gasteiger partial charge on any atom is 0.301 e. The summed E-state index contributed by atoms with van der Waals surface area (Å²) in [5.74, 6) is -3.47. The zero-order chi connectivity index (χ0) is 9.35. The van der Waals surface area contributed by atoms with Gasteiger partial charge in [-0.15, -0.1) is 11.3 Å². The first-order valence-corrected chi connectivity index (χ1v) is 4.63. The van der Waals surface area contributed by atoms with Crippen molar-refractivity contribution in [2.24, 2.45) is 5.92 Å². The molecule has 1 rings (SSSR count). The zero-order valence-corrected chi connectivity index (χ0v) is 8.08. The van der Waals surface area contributed by atoms with Crippen molar-refractivity contribution in [3.63, 3.8) is 0 Å². The van der Waals surface area contributed by atoms with Gasteiger partial charge in [0, 0.05) is 17.0 Å². The van der Waals surface area contributed by atoms with Crippen LogP contribution < -0.4 is 0 Å². The minimum atomic E-state index is -2.78. The van der Waals surface area contributed by atoms with Gasteiger partial charge in [0.25, 0.3) is 0 Å². The molecule has 68 valence electrons. The van der Waals surface area contributed by atoms with E-state index in [0.717, 1.165) is 11.3 Å². The van der Waals surface area contributed by atoms with Gasteiger partial charge in [-0.1, -0.05) is 13.8 Å². The predicted molar refractivity (Wildman–Crippen MR) is 45.6 cm³/mol. The number of hydrogen-bond acceptors (Lipinski definition) is 2. The van der Waals surface area contributed by atoms with Gasteiger partial charge in [-0.05, 0) is 6.92 Å². The highest BCUT2D eigenvalue weighted by molar-refractivity contribution is 7.09. The highest BCUT2D eigenvalue weighted by Crippen LogP contribution is 2.36. The number of aromatic nitrogens is 1. The molecule has 1 aromatic heterocycles. The number of alkyl halides is 2. The van der Waals surface area contributed by atoms with Crippen LogP contribution in [0.25, 0.3) is 0 Å². The Kier molecular flexibility index (Phi) is 2.46. The molecular formula is C8H11F2NS. The molecule has 0 saturated carbocycles. The Labute approximate surface area is 74.4 Å². The summed E-state index contributed by atoms with van der Waals surface area (Å²) in [6.45, 7) is 4.71. The fraction of sp³-hybridized carbons (Fsp3) is 0.625. The van der Waals surface area contributed by atoms with Crippen molar-refractivity contribution in [1.82, 2.24) is 4.98 Å². The number of thiazole rings is 1. The van der Waals surface area contributed by atoms with E-state index in [1.165, 1.54) is 13.8 Å². The molecule has 12 heavy (non-hydrogen) atoms. The molecule has 0 aliphatic heterocycles. The van der Waals surface area contributed by atoms with E-state index in [-0.39, 0.29) is 5.01 Å². The zero-order valence-electron chi connectivity index (χ0n) is 7.27. The molecular weight excluding hydrogens is 180 g/mol. The van der Waals surface area contributed by atoms with Gasteiger partial charge in [0.05, 0.1) is 0 Å². The van der Waals surface area contributed by atoms with E-state index in [9.17, 15) is 8.78 Å². The Balaban J connectivity index is 2.97. The minimum absolute atomic E-state index is 0.0741. The lowest BCUT2D eigenvalue weighted by atomic mass is 10.1. The van der Waals surface area contributed by atoms with Crippen molar-refractivity contribution >= 4 is 11.3 Å². The summed E-state index contributed by atoms with van der Waals surface area (Å²) in [4.78, 5) is 3.77. The first-order chi connectivity index (χ1) is 5.44. The van der Waals surface area contributed by atoms with Gasteiger partial charge in [0.15, 0.2) is 5.01 Å². The van der Waals surface area contributed by atoms with Gasteiger partial charge >= 0.3 is 5.92 Å². The van der Waals surface area contributed by atoms with Crippen LogP contribution in [-0.4, -0.2) is 4.98 Å². The van der Waals surface area contributed by atoms with E-state index in [1.807, 2.05) is 0 Å². The Morgan fingerprint density at radius 2 is 2.08 bits per heavy atom. The summed E-state index contributed by atoms with van der Waals surface area (Å²) in [7, 11) is 0. The van der Waals surface area contributed by atoms with Crippen molar-refractivity contribution in [2.75, 3.05) is 0 Å². The summed E-state index contributed by atoms with van der Waals surface area (Å²) < 4.78 is 26.5. The van der Waals surface area contributed by atoms with Crippen molar-refractivity contribution in [1.29, 1.82) is 0 Å². The van der Waals surface area contributed by atoms with Crippen molar-refractivity contribution in [3.8, 4) is 0 Å². The molecule has 0 fully saturated rings. The summed E-state index contributed by atoms with van der Waals surface area (Å²) in [5.41, 5.74) is 0.662. The molecule has 0 aliphatic rings. The molecule has 1 heterocycles. The Morgan fingerprint density at radius 3 is 2.42 bits per heavy atom. The van der Waals surface area contributed by atoms with E-state index in [2.05, 4.69) is 4.98 Å². The highest BCUT2D eigenvalue weighted by atomic mass is 32.1. The first kappa shape index (κ1) is 9.58. The van der Waals surface area contributed by atoms with Crippen LogP contribution in [0.15, 0.2) is 5.38 Å². The summed E-state index contributed by atoms with van der Waals surface area (Å²) in [5, 5.41) is 1.57. The average Bonchev–Trinajstić information content (AvgIpc) is 2.35. The quantitative estimate of drug-likeness (QED) is 0.699. The Morgan fingerprint density at radius 1 is 1.50 bits per heavy atom. The van der Waals surface area contributed by atoms with Crippen molar-refractivity contribution < 1.29 is 8.78 Å². The smallest absolute Gasteiger partial charge is 0.240 e. The SMILES string of the molecule is Cc1csc(C(F)(F)C(C)C)n1. The molecule has 0 bridgehead atoms. The summed E-state index contributed by atoms with van der Waals surface area (Å²) in [6, 6.07) is 0. The lowest BCUT2D eigenvalue weighted by Gasteiger charge is -2.16. The Bertz CT molecular complexity index is 268. The Hall–Kier alpha value is -0.510. The van der Waals surface area contributed by atoms with E-state index < -0.39 is 11.8 Å². The molecule has 1 aromatic rings. The topological polar surface area (TPSA) is 12.9 Å². The van der Waals surface area contributed by atoms with Crippen LogP contribution in [0.3, 0.4) is 0 Å².